The van der Waals surface area contributed by atoms with Crippen LogP contribution in [0.3, 0.4) is 0 Å². The van der Waals surface area contributed by atoms with Crippen LogP contribution in [0.4, 0.5) is 11.4 Å². The molecule has 0 aliphatic rings. The molecular formula is C16H15N3O4. The van der Waals surface area contributed by atoms with Gasteiger partial charge in [-0.05, 0) is 36.4 Å². The summed E-state index contributed by atoms with van der Waals surface area (Å²) in [6.07, 6.45) is 2.93. The lowest BCUT2D eigenvalue weighted by atomic mass is 10.2. The van der Waals surface area contributed by atoms with Crippen LogP contribution in [0.2, 0.25) is 0 Å². The molecule has 1 aromatic heterocycles. The van der Waals surface area contributed by atoms with Crippen molar-refractivity contribution in [3.63, 3.8) is 0 Å². The first-order chi connectivity index (χ1) is 11.0. The standard InChI is InChI=1S/C16H15N3O4/c1-11(20)18-13-2-4-14(5-3-13)19-15(21)10-23-16(22)12-6-8-17-9-7-12/h2-9H,10H2,1H3,(H,18,20)(H,19,21). The molecule has 23 heavy (non-hydrogen) atoms. The number of amides is 2. The van der Waals surface area contributed by atoms with Crippen molar-refractivity contribution >= 4 is 29.2 Å². The minimum atomic E-state index is -0.594. The summed E-state index contributed by atoms with van der Waals surface area (Å²) in [6.45, 7) is 1.02. The molecule has 0 unspecified atom stereocenters. The van der Waals surface area contributed by atoms with Crippen LogP contribution in [0, 0.1) is 0 Å². The average Bonchev–Trinajstić information content (AvgIpc) is 2.55. The van der Waals surface area contributed by atoms with Crippen LogP contribution in [0.5, 0.6) is 0 Å². The zero-order valence-electron chi connectivity index (χ0n) is 12.4. The number of benzene rings is 1. The maximum atomic E-state index is 11.7. The van der Waals surface area contributed by atoms with Gasteiger partial charge in [0.1, 0.15) is 0 Å². The molecule has 0 saturated heterocycles. The number of carbonyl (C=O) groups is 3. The van der Waals surface area contributed by atoms with Crippen molar-refractivity contribution in [3.8, 4) is 0 Å². The number of carbonyl (C=O) groups excluding carboxylic acids is 3. The fourth-order valence-corrected chi connectivity index (χ4v) is 1.74. The zero-order chi connectivity index (χ0) is 16.7. The highest BCUT2D eigenvalue weighted by Gasteiger charge is 2.10. The van der Waals surface area contributed by atoms with Gasteiger partial charge in [0, 0.05) is 30.7 Å². The highest BCUT2D eigenvalue weighted by Crippen LogP contribution is 2.13. The van der Waals surface area contributed by atoms with Crippen LogP contribution in [0.1, 0.15) is 17.3 Å². The summed E-state index contributed by atoms with van der Waals surface area (Å²) in [6, 6.07) is 9.57. The lowest BCUT2D eigenvalue weighted by molar-refractivity contribution is -0.119. The number of nitrogens with zero attached hydrogens (tertiary/aromatic N) is 1. The van der Waals surface area contributed by atoms with Crippen LogP contribution in [-0.2, 0) is 14.3 Å². The first-order valence-corrected chi connectivity index (χ1v) is 6.79. The van der Waals surface area contributed by atoms with E-state index in [1.54, 1.807) is 24.3 Å². The van der Waals surface area contributed by atoms with E-state index in [-0.39, 0.29) is 5.91 Å². The molecule has 0 saturated carbocycles. The lowest BCUT2D eigenvalue weighted by Crippen LogP contribution is -2.20. The Morgan fingerprint density at radius 1 is 0.957 bits per heavy atom. The number of hydrogen-bond donors (Lipinski definition) is 2. The molecule has 0 radical (unpaired) electrons. The second kappa shape index (κ2) is 7.69. The number of aromatic nitrogens is 1. The minimum absolute atomic E-state index is 0.176. The van der Waals surface area contributed by atoms with E-state index in [4.69, 9.17) is 4.74 Å². The molecule has 7 heteroatoms. The van der Waals surface area contributed by atoms with Crippen molar-refractivity contribution in [2.24, 2.45) is 0 Å². The number of esters is 1. The fraction of sp³-hybridized carbons (Fsp3) is 0.125. The van der Waals surface area contributed by atoms with Crippen molar-refractivity contribution in [1.29, 1.82) is 0 Å². The van der Waals surface area contributed by atoms with Crippen molar-refractivity contribution < 1.29 is 19.1 Å². The second-order valence-electron chi connectivity index (χ2n) is 4.62. The Morgan fingerprint density at radius 2 is 1.52 bits per heavy atom. The van der Waals surface area contributed by atoms with Gasteiger partial charge in [-0.15, -0.1) is 0 Å². The van der Waals surface area contributed by atoms with Gasteiger partial charge in [-0.25, -0.2) is 4.79 Å². The van der Waals surface area contributed by atoms with Gasteiger partial charge in [-0.3, -0.25) is 14.6 Å². The summed E-state index contributed by atoms with van der Waals surface area (Å²) in [7, 11) is 0. The molecule has 1 heterocycles. The minimum Gasteiger partial charge on any atom is -0.452 e. The van der Waals surface area contributed by atoms with E-state index in [1.807, 2.05) is 0 Å². The van der Waals surface area contributed by atoms with Gasteiger partial charge >= 0.3 is 5.97 Å². The maximum Gasteiger partial charge on any atom is 0.338 e. The molecule has 1 aromatic carbocycles. The third kappa shape index (κ3) is 5.24. The van der Waals surface area contributed by atoms with Gasteiger partial charge in [0.05, 0.1) is 5.56 Å². The summed E-state index contributed by atoms with van der Waals surface area (Å²) in [4.78, 5) is 38.1. The predicted octanol–water partition coefficient (Wildman–Crippen LogP) is 1.84. The van der Waals surface area contributed by atoms with Crippen molar-refractivity contribution in [2.45, 2.75) is 6.92 Å². The quantitative estimate of drug-likeness (QED) is 0.821. The summed E-state index contributed by atoms with van der Waals surface area (Å²) in [5.74, 6) is -1.23. The van der Waals surface area contributed by atoms with Crippen LogP contribution >= 0.6 is 0 Å². The molecule has 2 rings (SSSR count). The van der Waals surface area contributed by atoms with Gasteiger partial charge in [0.2, 0.25) is 5.91 Å². The molecule has 0 bridgehead atoms. The van der Waals surface area contributed by atoms with E-state index in [2.05, 4.69) is 15.6 Å². The molecule has 0 atom stereocenters. The number of pyridine rings is 1. The van der Waals surface area contributed by atoms with E-state index in [1.165, 1.54) is 31.5 Å². The third-order valence-electron chi connectivity index (χ3n) is 2.74. The maximum absolute atomic E-state index is 11.7. The van der Waals surface area contributed by atoms with E-state index in [0.717, 1.165) is 0 Å². The number of anilines is 2. The second-order valence-corrected chi connectivity index (χ2v) is 4.62. The molecule has 2 N–H and O–H groups in total. The van der Waals surface area contributed by atoms with Gasteiger partial charge < -0.3 is 15.4 Å². The molecular weight excluding hydrogens is 298 g/mol. The van der Waals surface area contributed by atoms with Crippen molar-refractivity contribution in [1.82, 2.24) is 4.98 Å². The lowest BCUT2D eigenvalue weighted by Gasteiger charge is -2.07. The summed E-state index contributed by atoms with van der Waals surface area (Å²) in [5, 5.41) is 5.21. The summed E-state index contributed by atoms with van der Waals surface area (Å²) < 4.78 is 4.90. The number of nitrogens with one attached hydrogen (secondary N) is 2. The van der Waals surface area contributed by atoms with E-state index >= 15 is 0 Å². The first kappa shape index (κ1) is 16.2. The van der Waals surface area contributed by atoms with Gasteiger partial charge in [0.15, 0.2) is 6.61 Å². The van der Waals surface area contributed by atoms with Crippen LogP contribution < -0.4 is 10.6 Å². The highest BCUT2D eigenvalue weighted by molar-refractivity contribution is 5.95. The Morgan fingerprint density at radius 3 is 2.09 bits per heavy atom. The molecule has 0 spiro atoms. The normalized spacial score (nSPS) is 9.78. The van der Waals surface area contributed by atoms with Crippen molar-refractivity contribution in [3.05, 3.63) is 54.4 Å². The Labute approximate surface area is 132 Å². The topological polar surface area (TPSA) is 97.4 Å². The molecule has 118 valence electrons. The smallest absolute Gasteiger partial charge is 0.338 e. The van der Waals surface area contributed by atoms with Crippen molar-refractivity contribution in [2.75, 3.05) is 17.2 Å². The molecule has 0 aliphatic carbocycles. The number of hydrogen-bond acceptors (Lipinski definition) is 5. The molecule has 0 fully saturated rings. The monoisotopic (exact) mass is 313 g/mol. The Balaban J connectivity index is 1.83. The predicted molar refractivity (Wildman–Crippen MR) is 83.9 cm³/mol. The zero-order valence-corrected chi connectivity index (χ0v) is 12.4. The molecule has 7 nitrogen and oxygen atoms in total. The largest absolute Gasteiger partial charge is 0.452 e. The summed E-state index contributed by atoms with van der Waals surface area (Å²) in [5.41, 5.74) is 1.48. The molecule has 2 amide bonds. The molecule has 2 aromatic rings. The fourth-order valence-electron chi connectivity index (χ4n) is 1.74. The van der Waals surface area contributed by atoms with Crippen LogP contribution in [-0.4, -0.2) is 29.4 Å². The van der Waals surface area contributed by atoms with Crippen LogP contribution in [0.15, 0.2) is 48.8 Å². The third-order valence-corrected chi connectivity index (χ3v) is 2.74. The molecule has 0 aliphatic heterocycles. The van der Waals surface area contributed by atoms with Gasteiger partial charge in [-0.2, -0.15) is 0 Å². The van der Waals surface area contributed by atoms with E-state index in [0.29, 0.717) is 16.9 Å². The highest BCUT2D eigenvalue weighted by atomic mass is 16.5. The van der Waals surface area contributed by atoms with E-state index in [9.17, 15) is 14.4 Å². The van der Waals surface area contributed by atoms with E-state index < -0.39 is 18.5 Å². The SMILES string of the molecule is CC(=O)Nc1ccc(NC(=O)COC(=O)c2ccncc2)cc1. The Kier molecular flexibility index (Phi) is 5.40. The Hall–Kier alpha value is -3.22. The first-order valence-electron chi connectivity index (χ1n) is 6.79. The van der Waals surface area contributed by atoms with Gasteiger partial charge in [-0.1, -0.05) is 0 Å². The number of ether oxygens (including phenoxy) is 1. The van der Waals surface area contributed by atoms with Crippen LogP contribution in [0.25, 0.3) is 0 Å². The summed E-state index contributed by atoms with van der Waals surface area (Å²) >= 11 is 0. The Bertz CT molecular complexity index is 699. The average molecular weight is 313 g/mol. The van der Waals surface area contributed by atoms with Gasteiger partial charge in [0.25, 0.3) is 5.91 Å². The number of rotatable bonds is 5.